The van der Waals surface area contributed by atoms with E-state index in [0.29, 0.717) is 12.0 Å². The van der Waals surface area contributed by atoms with Crippen LogP contribution in [0.25, 0.3) is 0 Å². The van der Waals surface area contributed by atoms with E-state index in [2.05, 4.69) is 13.8 Å². The Labute approximate surface area is 93.0 Å². The van der Waals surface area contributed by atoms with Crippen molar-refractivity contribution in [1.82, 2.24) is 0 Å². The normalized spacial score (nSPS) is 51.2. The molecule has 2 heteroatoms. The molecule has 1 heterocycles. The van der Waals surface area contributed by atoms with Gasteiger partial charge in [0, 0.05) is 12.3 Å². The number of hydrogen-bond acceptors (Lipinski definition) is 2. The van der Waals surface area contributed by atoms with Crippen molar-refractivity contribution in [3.05, 3.63) is 0 Å². The van der Waals surface area contributed by atoms with Gasteiger partial charge in [0.25, 0.3) is 0 Å². The summed E-state index contributed by atoms with van der Waals surface area (Å²) in [7, 11) is 0. The monoisotopic (exact) mass is 212 g/mol. The van der Waals surface area contributed by atoms with Gasteiger partial charge in [0.1, 0.15) is 0 Å². The molecule has 2 rings (SSSR count). The number of rotatable bonds is 1. The highest BCUT2D eigenvalue weighted by molar-refractivity contribution is 4.96. The molecule has 1 N–H and O–H groups in total. The zero-order chi connectivity index (χ0) is 11.1. The summed E-state index contributed by atoms with van der Waals surface area (Å²) in [5.41, 5.74) is -0.496. The van der Waals surface area contributed by atoms with Gasteiger partial charge in [-0.2, -0.15) is 0 Å². The lowest BCUT2D eigenvalue weighted by molar-refractivity contribution is -0.195. The molecular formula is C13H24O2. The van der Waals surface area contributed by atoms with Gasteiger partial charge in [0.2, 0.25) is 0 Å². The van der Waals surface area contributed by atoms with Crippen LogP contribution < -0.4 is 0 Å². The summed E-state index contributed by atoms with van der Waals surface area (Å²) in [6.07, 6.45) is 5.94. The molecule has 0 aromatic carbocycles. The van der Waals surface area contributed by atoms with Crippen LogP contribution in [0.2, 0.25) is 0 Å². The van der Waals surface area contributed by atoms with Gasteiger partial charge in [-0.05, 0) is 32.1 Å². The SMILES string of the molecule is CC[C@H]1C[C@](C)(O)[C@@H]2CC[C@@H](C)C[C@H]2O1. The van der Waals surface area contributed by atoms with Gasteiger partial charge in [-0.1, -0.05) is 20.3 Å². The second-order valence-corrected chi connectivity index (χ2v) is 5.79. The van der Waals surface area contributed by atoms with Crippen LogP contribution in [0.5, 0.6) is 0 Å². The maximum Gasteiger partial charge on any atom is 0.0697 e. The van der Waals surface area contributed by atoms with E-state index >= 15 is 0 Å². The zero-order valence-electron chi connectivity index (χ0n) is 10.2. The number of ether oxygens (including phenoxy) is 1. The van der Waals surface area contributed by atoms with Gasteiger partial charge in [-0.15, -0.1) is 0 Å². The fourth-order valence-electron chi connectivity index (χ4n) is 3.34. The van der Waals surface area contributed by atoms with E-state index < -0.39 is 5.60 Å². The van der Waals surface area contributed by atoms with Crippen molar-refractivity contribution in [3.8, 4) is 0 Å². The molecule has 0 amide bonds. The topological polar surface area (TPSA) is 29.5 Å². The van der Waals surface area contributed by atoms with Gasteiger partial charge in [0.15, 0.2) is 0 Å². The highest BCUT2D eigenvalue weighted by atomic mass is 16.5. The predicted octanol–water partition coefficient (Wildman–Crippen LogP) is 2.74. The fourth-order valence-corrected chi connectivity index (χ4v) is 3.34. The third-order valence-corrected chi connectivity index (χ3v) is 4.32. The lowest BCUT2D eigenvalue weighted by atomic mass is 9.69. The van der Waals surface area contributed by atoms with E-state index in [9.17, 15) is 5.11 Å². The summed E-state index contributed by atoms with van der Waals surface area (Å²) in [6, 6.07) is 0. The molecule has 2 nitrogen and oxygen atoms in total. The van der Waals surface area contributed by atoms with Crippen LogP contribution in [0.15, 0.2) is 0 Å². The molecule has 1 aliphatic carbocycles. The number of fused-ring (bicyclic) bond motifs is 1. The van der Waals surface area contributed by atoms with E-state index in [-0.39, 0.29) is 6.10 Å². The third-order valence-electron chi connectivity index (χ3n) is 4.32. The first-order valence-corrected chi connectivity index (χ1v) is 6.40. The molecule has 0 radical (unpaired) electrons. The summed E-state index contributed by atoms with van der Waals surface area (Å²) in [5.74, 6) is 1.13. The van der Waals surface area contributed by atoms with E-state index in [0.717, 1.165) is 31.6 Å². The molecule has 0 unspecified atom stereocenters. The average Bonchev–Trinajstić information content (AvgIpc) is 2.15. The average molecular weight is 212 g/mol. The lowest BCUT2D eigenvalue weighted by Gasteiger charge is -2.49. The Morgan fingerprint density at radius 2 is 2.13 bits per heavy atom. The van der Waals surface area contributed by atoms with E-state index in [1.807, 2.05) is 6.92 Å². The highest BCUT2D eigenvalue weighted by Gasteiger charge is 2.46. The molecular weight excluding hydrogens is 188 g/mol. The van der Waals surface area contributed by atoms with Gasteiger partial charge in [0.05, 0.1) is 17.8 Å². The summed E-state index contributed by atoms with van der Waals surface area (Å²) in [6.45, 7) is 6.45. The fraction of sp³-hybridized carbons (Fsp3) is 1.00. The predicted molar refractivity (Wildman–Crippen MR) is 60.7 cm³/mol. The number of aliphatic hydroxyl groups is 1. The van der Waals surface area contributed by atoms with Crippen LogP contribution in [0.3, 0.4) is 0 Å². The Kier molecular flexibility index (Phi) is 3.09. The molecule has 0 bridgehead atoms. The maximum absolute atomic E-state index is 10.5. The highest BCUT2D eigenvalue weighted by Crippen LogP contribution is 2.44. The molecule has 1 saturated carbocycles. The summed E-state index contributed by atoms with van der Waals surface area (Å²) < 4.78 is 6.09. The molecule has 1 saturated heterocycles. The number of hydrogen-bond donors (Lipinski definition) is 1. The van der Waals surface area contributed by atoms with Crippen LogP contribution in [0, 0.1) is 11.8 Å². The molecule has 1 aliphatic heterocycles. The Hall–Kier alpha value is -0.0800. The molecule has 88 valence electrons. The Morgan fingerprint density at radius 3 is 2.80 bits per heavy atom. The Morgan fingerprint density at radius 1 is 1.40 bits per heavy atom. The molecule has 5 atom stereocenters. The third kappa shape index (κ3) is 2.21. The van der Waals surface area contributed by atoms with Crippen molar-refractivity contribution >= 4 is 0 Å². The smallest absolute Gasteiger partial charge is 0.0697 e. The lowest BCUT2D eigenvalue weighted by Crippen LogP contribution is -2.53. The Bertz CT molecular complexity index is 225. The van der Waals surface area contributed by atoms with Crippen LogP contribution in [0.4, 0.5) is 0 Å². The van der Waals surface area contributed by atoms with Crippen LogP contribution >= 0.6 is 0 Å². The minimum Gasteiger partial charge on any atom is -0.390 e. The van der Waals surface area contributed by atoms with Crippen LogP contribution in [0.1, 0.15) is 52.9 Å². The van der Waals surface area contributed by atoms with E-state index in [1.54, 1.807) is 0 Å². The minimum atomic E-state index is -0.496. The molecule has 0 spiro atoms. The van der Waals surface area contributed by atoms with Crippen molar-refractivity contribution in [2.24, 2.45) is 11.8 Å². The molecule has 0 aromatic rings. The minimum absolute atomic E-state index is 0.270. The van der Waals surface area contributed by atoms with Gasteiger partial charge in [-0.25, -0.2) is 0 Å². The van der Waals surface area contributed by atoms with Crippen molar-refractivity contribution in [3.63, 3.8) is 0 Å². The second kappa shape index (κ2) is 4.06. The largest absolute Gasteiger partial charge is 0.390 e. The second-order valence-electron chi connectivity index (χ2n) is 5.79. The van der Waals surface area contributed by atoms with Crippen molar-refractivity contribution in [1.29, 1.82) is 0 Å². The van der Waals surface area contributed by atoms with Crippen LogP contribution in [-0.4, -0.2) is 22.9 Å². The van der Waals surface area contributed by atoms with E-state index in [1.165, 1.54) is 6.42 Å². The van der Waals surface area contributed by atoms with Crippen LogP contribution in [-0.2, 0) is 4.74 Å². The summed E-state index contributed by atoms with van der Waals surface area (Å²) in [4.78, 5) is 0. The Balaban J connectivity index is 2.10. The molecule has 0 aromatic heterocycles. The first-order valence-electron chi connectivity index (χ1n) is 6.40. The standard InChI is InChI=1S/C13H24O2/c1-4-10-8-13(3,14)11-6-5-9(2)7-12(11)15-10/h9-12,14H,4-8H2,1-3H3/t9-,10+,11-,12-,13+/m1/s1. The first kappa shape index (κ1) is 11.4. The zero-order valence-corrected chi connectivity index (χ0v) is 10.2. The van der Waals surface area contributed by atoms with Crippen molar-refractivity contribution in [2.75, 3.05) is 0 Å². The van der Waals surface area contributed by atoms with Gasteiger partial charge in [-0.3, -0.25) is 0 Å². The molecule has 15 heavy (non-hydrogen) atoms. The maximum atomic E-state index is 10.5. The quantitative estimate of drug-likeness (QED) is 0.724. The van der Waals surface area contributed by atoms with E-state index in [4.69, 9.17) is 4.74 Å². The van der Waals surface area contributed by atoms with Crippen molar-refractivity contribution < 1.29 is 9.84 Å². The summed E-state index contributed by atoms with van der Waals surface area (Å²) in [5, 5.41) is 10.5. The molecule has 2 aliphatic rings. The molecule has 2 fully saturated rings. The van der Waals surface area contributed by atoms with Gasteiger partial charge < -0.3 is 9.84 Å². The van der Waals surface area contributed by atoms with Crippen molar-refractivity contribution in [2.45, 2.75) is 70.7 Å². The summed E-state index contributed by atoms with van der Waals surface area (Å²) >= 11 is 0. The first-order chi connectivity index (χ1) is 7.03. The van der Waals surface area contributed by atoms with Gasteiger partial charge >= 0.3 is 0 Å².